The predicted molar refractivity (Wildman–Crippen MR) is 182 cm³/mol. The molecule has 0 spiro atoms. The lowest BCUT2D eigenvalue weighted by Gasteiger charge is -2.69. The van der Waals surface area contributed by atoms with Gasteiger partial charge in [0.2, 0.25) is 0 Å². The molecule has 2 rings (SSSR count). The van der Waals surface area contributed by atoms with Crippen LogP contribution >= 0.6 is 0 Å². The van der Waals surface area contributed by atoms with Crippen molar-refractivity contribution in [3.63, 3.8) is 0 Å². The van der Waals surface area contributed by atoms with Crippen molar-refractivity contribution in [3.05, 3.63) is 22.7 Å². The fourth-order valence-corrected chi connectivity index (χ4v) is 13.3. The zero-order valence-corrected chi connectivity index (χ0v) is 32.1. The smallest absolute Gasteiger partial charge is 0.310 e. The molecule has 43 heavy (non-hydrogen) atoms. The van der Waals surface area contributed by atoms with Gasteiger partial charge in [-0.25, -0.2) is 0 Å². The fourth-order valence-electron chi connectivity index (χ4n) is 13.3. The Morgan fingerprint density at radius 2 is 0.767 bits per heavy atom. The van der Waals surface area contributed by atoms with Crippen molar-refractivity contribution < 1.29 is 20.1 Å². The van der Waals surface area contributed by atoms with Gasteiger partial charge in [-0.05, 0) is 73.2 Å². The highest BCUT2D eigenvalue weighted by Crippen LogP contribution is 2.74. The SMILES string of the molecule is CC(C)(C)C1=C(O)C(C(C)(C)C)C(C)(C)C(C(C)(C(=O)O)C2C(C)(C)C(C(C)(C)C)=C(O)C(C(C)(C)C)C2(C)C)C1(C)C. The van der Waals surface area contributed by atoms with E-state index in [2.05, 4.69) is 138 Å². The third kappa shape index (κ3) is 5.51. The molecule has 0 radical (unpaired) electrons. The lowest BCUT2D eigenvalue weighted by atomic mass is 9.34. The number of aliphatic hydroxyl groups excluding tert-OH is 2. The largest absolute Gasteiger partial charge is 0.512 e. The summed E-state index contributed by atoms with van der Waals surface area (Å²) in [6.07, 6.45) is 0. The third-order valence-corrected chi connectivity index (χ3v) is 11.7. The number of carboxylic acids is 1. The molecule has 0 heterocycles. The molecule has 3 N–H and O–H groups in total. The van der Waals surface area contributed by atoms with E-state index in [4.69, 9.17) is 0 Å². The Bertz CT molecular complexity index is 1090. The Kier molecular flexibility index (Phi) is 8.80. The van der Waals surface area contributed by atoms with Crippen LogP contribution in [0.3, 0.4) is 0 Å². The monoisotopic (exact) mass is 603 g/mol. The lowest BCUT2D eigenvalue weighted by Crippen LogP contribution is -2.67. The minimum Gasteiger partial charge on any atom is -0.512 e. The van der Waals surface area contributed by atoms with Crippen LogP contribution in [0.25, 0.3) is 0 Å². The van der Waals surface area contributed by atoms with Gasteiger partial charge in [0, 0.05) is 11.8 Å². The van der Waals surface area contributed by atoms with Crippen LogP contribution in [0.4, 0.5) is 0 Å². The molecule has 0 bridgehead atoms. The summed E-state index contributed by atoms with van der Waals surface area (Å²) in [5.74, 6) is -1.11. The molecule has 2 aliphatic carbocycles. The first-order valence-corrected chi connectivity index (χ1v) is 16.6. The summed E-state index contributed by atoms with van der Waals surface area (Å²) in [6, 6.07) is 0. The van der Waals surface area contributed by atoms with Crippen LogP contribution in [0.2, 0.25) is 0 Å². The van der Waals surface area contributed by atoms with E-state index >= 15 is 0 Å². The molecule has 4 nitrogen and oxygen atoms in total. The topological polar surface area (TPSA) is 77.8 Å². The van der Waals surface area contributed by atoms with E-state index in [0.717, 1.165) is 11.1 Å². The molecule has 4 atom stereocenters. The van der Waals surface area contributed by atoms with E-state index in [1.807, 2.05) is 6.92 Å². The Morgan fingerprint density at radius 3 is 0.930 bits per heavy atom. The van der Waals surface area contributed by atoms with Crippen molar-refractivity contribution in [2.45, 2.75) is 145 Å². The van der Waals surface area contributed by atoms with Crippen LogP contribution < -0.4 is 0 Å². The van der Waals surface area contributed by atoms with Crippen LogP contribution in [0, 0.1) is 72.4 Å². The van der Waals surface area contributed by atoms with Gasteiger partial charge in [0.05, 0.1) is 16.9 Å². The molecule has 0 amide bonds. The molecule has 0 aromatic carbocycles. The predicted octanol–water partition coefficient (Wildman–Crippen LogP) is 11.5. The van der Waals surface area contributed by atoms with E-state index in [0.29, 0.717) is 11.5 Å². The van der Waals surface area contributed by atoms with E-state index in [1.165, 1.54) is 0 Å². The molecule has 0 fully saturated rings. The van der Waals surface area contributed by atoms with Gasteiger partial charge in [0.25, 0.3) is 0 Å². The zero-order valence-electron chi connectivity index (χ0n) is 32.1. The van der Waals surface area contributed by atoms with Crippen LogP contribution in [-0.4, -0.2) is 21.3 Å². The summed E-state index contributed by atoms with van der Waals surface area (Å²) in [6.45, 7) is 45.5. The number of hydrogen-bond acceptors (Lipinski definition) is 3. The van der Waals surface area contributed by atoms with E-state index in [1.54, 1.807) is 0 Å². The molecular weight excluding hydrogens is 532 g/mol. The highest BCUT2D eigenvalue weighted by atomic mass is 16.4. The normalized spacial score (nSPS) is 31.1. The Labute approximate surface area is 266 Å². The minimum absolute atomic E-state index is 0.245. The average Bonchev–Trinajstić information content (AvgIpc) is 2.58. The first-order chi connectivity index (χ1) is 18.5. The second-order valence-electron chi connectivity index (χ2n) is 21.2. The fraction of sp³-hybridized carbons (Fsp3) is 0.872. The summed E-state index contributed by atoms with van der Waals surface area (Å²) in [5.41, 5.74) is -3.11. The van der Waals surface area contributed by atoms with Gasteiger partial charge in [-0.3, -0.25) is 4.79 Å². The molecule has 250 valence electrons. The second kappa shape index (κ2) is 10.0. The maximum absolute atomic E-state index is 14.4. The first kappa shape index (κ1) is 37.7. The number of aliphatic hydroxyl groups is 2. The first-order valence-electron chi connectivity index (χ1n) is 16.6. The Balaban J connectivity index is 3.31. The molecule has 2 aliphatic rings. The Morgan fingerprint density at radius 1 is 0.535 bits per heavy atom. The van der Waals surface area contributed by atoms with Gasteiger partial charge in [0.1, 0.15) is 0 Å². The van der Waals surface area contributed by atoms with Gasteiger partial charge in [0.15, 0.2) is 0 Å². The van der Waals surface area contributed by atoms with Gasteiger partial charge in [-0.1, -0.05) is 138 Å². The van der Waals surface area contributed by atoms with E-state index in [-0.39, 0.29) is 45.3 Å². The van der Waals surface area contributed by atoms with Crippen LogP contribution in [0.5, 0.6) is 0 Å². The number of hydrogen-bond donors (Lipinski definition) is 3. The number of carboxylic acid groups (broad SMARTS) is 1. The van der Waals surface area contributed by atoms with Crippen LogP contribution in [0.1, 0.15) is 145 Å². The van der Waals surface area contributed by atoms with E-state index < -0.39 is 33.0 Å². The van der Waals surface area contributed by atoms with Gasteiger partial charge >= 0.3 is 5.97 Å². The molecular formula is C39H70O4. The molecule has 0 aromatic rings. The number of aliphatic carboxylic acids is 1. The summed E-state index contributed by atoms with van der Waals surface area (Å²) >= 11 is 0. The number of carbonyl (C=O) groups is 1. The van der Waals surface area contributed by atoms with Gasteiger partial charge < -0.3 is 15.3 Å². The standard InChI is InChI=1S/C39H70O4/c1-31(2,3)24-22(40)25(32(4,5)6)36(15,16)28(35(24,13)14)39(21,30(42)43)29-37(17,18)26(33(7,8)9)23(41)27(34(10,11)12)38(29,19)20/h24,26,28-29,40-41H,1-21H3,(H,42,43). The van der Waals surface area contributed by atoms with Crippen molar-refractivity contribution in [2.75, 3.05) is 0 Å². The summed E-state index contributed by atoms with van der Waals surface area (Å²) in [5, 5.41) is 36.3. The van der Waals surface area contributed by atoms with Crippen LogP contribution in [0.15, 0.2) is 22.7 Å². The maximum atomic E-state index is 14.4. The highest BCUT2D eigenvalue weighted by Gasteiger charge is 2.72. The van der Waals surface area contributed by atoms with Crippen molar-refractivity contribution in [1.29, 1.82) is 0 Å². The molecule has 0 saturated heterocycles. The van der Waals surface area contributed by atoms with Crippen molar-refractivity contribution in [1.82, 2.24) is 0 Å². The van der Waals surface area contributed by atoms with Crippen molar-refractivity contribution in [3.8, 4) is 0 Å². The van der Waals surface area contributed by atoms with Crippen molar-refractivity contribution >= 4 is 5.97 Å². The van der Waals surface area contributed by atoms with E-state index in [9.17, 15) is 20.1 Å². The minimum atomic E-state index is -1.23. The molecule has 4 heteroatoms. The zero-order chi connectivity index (χ0) is 34.7. The van der Waals surface area contributed by atoms with Gasteiger partial charge in [-0.15, -0.1) is 0 Å². The van der Waals surface area contributed by atoms with Crippen LogP contribution in [-0.2, 0) is 4.79 Å². The number of allylic oxidation sites excluding steroid dienone is 4. The molecule has 0 aromatic heterocycles. The maximum Gasteiger partial charge on any atom is 0.310 e. The quantitative estimate of drug-likeness (QED) is 0.300. The third-order valence-electron chi connectivity index (χ3n) is 11.7. The molecule has 4 unspecified atom stereocenters. The summed E-state index contributed by atoms with van der Waals surface area (Å²) in [4.78, 5) is 14.4. The average molecular weight is 603 g/mol. The lowest BCUT2D eigenvalue weighted by molar-refractivity contribution is -0.207. The van der Waals surface area contributed by atoms with Crippen molar-refractivity contribution in [2.24, 2.45) is 72.4 Å². The second-order valence-corrected chi connectivity index (χ2v) is 21.2. The number of rotatable bonds is 3. The van der Waals surface area contributed by atoms with Gasteiger partial charge in [-0.2, -0.15) is 0 Å². The summed E-state index contributed by atoms with van der Waals surface area (Å²) in [7, 11) is 0. The molecule has 0 aliphatic heterocycles. The Hall–Kier alpha value is -1.45. The molecule has 0 saturated carbocycles. The summed E-state index contributed by atoms with van der Waals surface area (Å²) < 4.78 is 0. The highest BCUT2D eigenvalue weighted by molar-refractivity contribution is 5.76.